The summed E-state index contributed by atoms with van der Waals surface area (Å²) in [5, 5.41) is 34.5. The molecule has 0 heterocycles. The Hall–Kier alpha value is -4.15. The number of hydrogen-bond acceptors (Lipinski definition) is 5. The van der Waals surface area contributed by atoms with Gasteiger partial charge in [0.25, 0.3) is 0 Å². The van der Waals surface area contributed by atoms with Gasteiger partial charge in [-0.15, -0.1) is 10.2 Å². The fourth-order valence-electron chi connectivity index (χ4n) is 2.41. The average Bonchev–Trinajstić information content (AvgIpc) is 2.71. The molecular formula is C19H24N10O. The lowest BCUT2D eigenvalue weighted by Crippen LogP contribution is -2.19. The van der Waals surface area contributed by atoms with Crippen molar-refractivity contribution in [2.24, 2.45) is 31.9 Å². The lowest BCUT2D eigenvalue weighted by Gasteiger charge is -2.11. The van der Waals surface area contributed by atoms with Crippen LogP contribution in [-0.2, 0) is 0 Å². The molecule has 0 bridgehead atoms. The van der Waals surface area contributed by atoms with Gasteiger partial charge < -0.3 is 22.1 Å². The van der Waals surface area contributed by atoms with E-state index in [0.717, 1.165) is 11.1 Å². The minimum absolute atomic E-state index is 0.257. The molecule has 2 atom stereocenters. The third-order valence-corrected chi connectivity index (χ3v) is 3.98. The largest absolute Gasteiger partial charge is 0.367 e. The maximum atomic E-state index is 12.2. The van der Waals surface area contributed by atoms with Crippen molar-refractivity contribution < 1.29 is 4.79 Å². The predicted molar refractivity (Wildman–Crippen MR) is 116 cm³/mol. The summed E-state index contributed by atoms with van der Waals surface area (Å²) in [5.41, 5.74) is 13.3. The first-order chi connectivity index (χ1) is 14.2. The number of nitrogens with two attached hydrogens (primary N) is 2. The van der Waals surface area contributed by atoms with Crippen LogP contribution in [0.4, 0.5) is 16.2 Å². The molecule has 2 unspecified atom stereocenters. The van der Waals surface area contributed by atoms with Crippen molar-refractivity contribution in [3.63, 3.8) is 0 Å². The average molecular weight is 408 g/mol. The normalized spacial score (nSPS) is 13.1. The fraction of sp³-hybridized carbons (Fsp3) is 0.211. The SMILES string of the molecule is CC(N=NC(=N)N)c1ccc(NC(=O)Nc2ccc(C(C)N=NC(=N)N)cc2)cc1. The highest BCUT2D eigenvalue weighted by Crippen LogP contribution is 2.21. The summed E-state index contributed by atoms with van der Waals surface area (Å²) in [6.07, 6.45) is 0. The van der Waals surface area contributed by atoms with Crippen LogP contribution in [0, 0.1) is 10.8 Å². The molecule has 2 rings (SSSR count). The van der Waals surface area contributed by atoms with Crippen LogP contribution in [0.1, 0.15) is 37.1 Å². The van der Waals surface area contributed by atoms with Gasteiger partial charge in [-0.05, 0) is 49.2 Å². The van der Waals surface area contributed by atoms with E-state index in [1.807, 2.05) is 38.1 Å². The molecule has 2 aromatic rings. The second-order valence-electron chi connectivity index (χ2n) is 6.38. The van der Waals surface area contributed by atoms with Crippen molar-refractivity contribution in [2.45, 2.75) is 25.9 Å². The highest BCUT2D eigenvalue weighted by molar-refractivity contribution is 5.99. The molecule has 0 radical (unpaired) electrons. The first kappa shape index (κ1) is 22.1. The molecule has 0 saturated heterocycles. The van der Waals surface area contributed by atoms with Crippen LogP contribution in [-0.4, -0.2) is 18.0 Å². The molecule has 8 N–H and O–H groups in total. The predicted octanol–water partition coefficient (Wildman–Crippen LogP) is 4.14. The molecule has 0 spiro atoms. The molecule has 11 nitrogen and oxygen atoms in total. The molecule has 0 aliphatic carbocycles. The van der Waals surface area contributed by atoms with E-state index in [4.69, 9.17) is 22.3 Å². The second kappa shape index (κ2) is 10.4. The summed E-state index contributed by atoms with van der Waals surface area (Å²) in [5.74, 6) is -0.695. The number of urea groups is 1. The van der Waals surface area contributed by atoms with Crippen molar-refractivity contribution in [2.75, 3.05) is 10.6 Å². The molecule has 0 fully saturated rings. The first-order valence-corrected chi connectivity index (χ1v) is 9.02. The van der Waals surface area contributed by atoms with Crippen molar-refractivity contribution in [1.29, 1.82) is 10.8 Å². The Kier molecular flexibility index (Phi) is 7.68. The maximum Gasteiger partial charge on any atom is 0.323 e. The minimum atomic E-state index is -0.385. The van der Waals surface area contributed by atoms with Gasteiger partial charge in [0.05, 0.1) is 12.1 Å². The highest BCUT2D eigenvalue weighted by Gasteiger charge is 2.08. The van der Waals surface area contributed by atoms with Gasteiger partial charge in [0, 0.05) is 11.4 Å². The molecule has 0 aromatic heterocycles. The molecule has 2 aromatic carbocycles. The van der Waals surface area contributed by atoms with E-state index in [1.54, 1.807) is 24.3 Å². The second-order valence-corrected chi connectivity index (χ2v) is 6.38. The van der Waals surface area contributed by atoms with E-state index in [0.29, 0.717) is 11.4 Å². The van der Waals surface area contributed by atoms with Gasteiger partial charge in [-0.3, -0.25) is 10.8 Å². The number of anilines is 2. The lowest BCUT2D eigenvalue weighted by molar-refractivity contribution is 0.262. The van der Waals surface area contributed by atoms with Gasteiger partial charge in [0.15, 0.2) is 0 Å². The Morgan fingerprint density at radius 3 is 1.40 bits per heavy atom. The van der Waals surface area contributed by atoms with Gasteiger partial charge >= 0.3 is 6.03 Å². The van der Waals surface area contributed by atoms with E-state index >= 15 is 0 Å². The number of amides is 2. The monoisotopic (exact) mass is 408 g/mol. The topological polar surface area (TPSA) is 190 Å². The van der Waals surface area contributed by atoms with Crippen molar-refractivity contribution in [3.8, 4) is 0 Å². The standard InChI is InChI=1S/C19H24N10O/c1-11(26-28-17(20)21)13-3-7-15(8-4-13)24-19(30)25-16-9-5-14(6-10-16)12(2)27-29-18(22)23/h3-12H,1-2H3,(H3,20,21)(H3,22,23)(H2,24,25,30). The summed E-state index contributed by atoms with van der Waals surface area (Å²) in [6.45, 7) is 3.65. The number of carbonyl (C=O) groups excluding carboxylic acids is 1. The van der Waals surface area contributed by atoms with Gasteiger partial charge in [-0.25, -0.2) is 4.79 Å². The minimum Gasteiger partial charge on any atom is -0.367 e. The number of nitrogens with one attached hydrogen (secondary N) is 4. The van der Waals surface area contributed by atoms with Gasteiger partial charge in [-0.1, -0.05) is 24.3 Å². The summed E-state index contributed by atoms with van der Waals surface area (Å²) in [7, 11) is 0. The fourth-order valence-corrected chi connectivity index (χ4v) is 2.41. The van der Waals surface area contributed by atoms with Gasteiger partial charge in [0.2, 0.25) is 11.9 Å². The zero-order valence-corrected chi connectivity index (χ0v) is 16.6. The number of nitrogens with zero attached hydrogens (tertiary/aromatic N) is 4. The Balaban J connectivity index is 1.92. The van der Waals surface area contributed by atoms with Crippen molar-refractivity contribution >= 4 is 29.3 Å². The van der Waals surface area contributed by atoms with Crippen LogP contribution in [0.15, 0.2) is 69.0 Å². The summed E-state index contributed by atoms with van der Waals surface area (Å²) >= 11 is 0. The van der Waals surface area contributed by atoms with E-state index in [9.17, 15) is 4.79 Å². The molecule has 0 aliphatic heterocycles. The Morgan fingerprint density at radius 2 is 1.10 bits per heavy atom. The zero-order valence-electron chi connectivity index (χ0n) is 16.6. The number of benzene rings is 2. The number of guanidine groups is 2. The maximum absolute atomic E-state index is 12.2. The molecule has 30 heavy (non-hydrogen) atoms. The van der Waals surface area contributed by atoms with Crippen molar-refractivity contribution in [3.05, 3.63) is 59.7 Å². The summed E-state index contributed by atoms with van der Waals surface area (Å²) in [4.78, 5) is 12.2. The third-order valence-electron chi connectivity index (χ3n) is 3.98. The first-order valence-electron chi connectivity index (χ1n) is 9.02. The van der Waals surface area contributed by atoms with Gasteiger partial charge in [0.1, 0.15) is 0 Å². The molecule has 2 amide bonds. The van der Waals surface area contributed by atoms with Crippen molar-refractivity contribution in [1.82, 2.24) is 0 Å². The Morgan fingerprint density at radius 1 is 0.767 bits per heavy atom. The highest BCUT2D eigenvalue weighted by atomic mass is 16.2. The quantitative estimate of drug-likeness (QED) is 0.238. The van der Waals surface area contributed by atoms with Crippen LogP contribution >= 0.6 is 0 Å². The summed E-state index contributed by atoms with van der Waals surface area (Å²) in [6, 6.07) is 13.3. The van der Waals surface area contributed by atoms with Crippen LogP contribution in [0.25, 0.3) is 0 Å². The lowest BCUT2D eigenvalue weighted by atomic mass is 10.1. The Bertz CT molecular complexity index is 873. The molecule has 11 heteroatoms. The van der Waals surface area contributed by atoms with E-state index in [2.05, 4.69) is 31.1 Å². The van der Waals surface area contributed by atoms with Gasteiger partial charge in [-0.2, -0.15) is 10.2 Å². The van der Waals surface area contributed by atoms with Crippen LogP contribution in [0.2, 0.25) is 0 Å². The Labute approximate surface area is 173 Å². The third kappa shape index (κ3) is 7.11. The number of rotatable bonds is 6. The number of azo groups is 2. The smallest absolute Gasteiger partial charge is 0.323 e. The van der Waals surface area contributed by atoms with Crippen LogP contribution in [0.3, 0.4) is 0 Å². The number of carbonyl (C=O) groups is 1. The zero-order chi connectivity index (χ0) is 22.1. The summed E-state index contributed by atoms with van der Waals surface area (Å²) < 4.78 is 0. The molecule has 156 valence electrons. The molecular weight excluding hydrogens is 384 g/mol. The molecule has 0 saturated carbocycles. The van der Waals surface area contributed by atoms with E-state index in [-0.39, 0.29) is 30.0 Å². The molecule has 0 aliphatic rings. The van der Waals surface area contributed by atoms with E-state index in [1.165, 1.54) is 0 Å². The van der Waals surface area contributed by atoms with Crippen LogP contribution < -0.4 is 22.1 Å². The van der Waals surface area contributed by atoms with Crippen LogP contribution in [0.5, 0.6) is 0 Å². The van der Waals surface area contributed by atoms with E-state index < -0.39 is 0 Å². The number of hydrogen-bond donors (Lipinski definition) is 6.